The van der Waals surface area contributed by atoms with Gasteiger partial charge in [-0.15, -0.1) is 0 Å². The van der Waals surface area contributed by atoms with Gasteiger partial charge in [0.25, 0.3) is 0 Å². The zero-order chi connectivity index (χ0) is 27.3. The molecule has 2 saturated carbocycles. The SMILES string of the molecule is CCCCCCCCC(=O)O[C@H]1CC[C@@]2(C)C(=CC[C@H]3C4=CC[C@H]([C@H](C)CCCC(C)C)[C@@]4(C)CC[C@@H]32)C1. The number of hydrogen-bond acceptors (Lipinski definition) is 2. The highest BCUT2D eigenvalue weighted by Crippen LogP contribution is 2.65. The van der Waals surface area contributed by atoms with Crippen LogP contribution in [0.5, 0.6) is 0 Å². The summed E-state index contributed by atoms with van der Waals surface area (Å²) in [6.07, 6.45) is 26.0. The number of rotatable bonds is 13. The lowest BCUT2D eigenvalue weighted by Gasteiger charge is -2.57. The average Bonchev–Trinajstić information content (AvgIpc) is 3.23. The largest absolute Gasteiger partial charge is 0.462 e. The lowest BCUT2D eigenvalue weighted by molar-refractivity contribution is -0.151. The summed E-state index contributed by atoms with van der Waals surface area (Å²) < 4.78 is 6.03. The van der Waals surface area contributed by atoms with E-state index in [-0.39, 0.29) is 12.1 Å². The summed E-state index contributed by atoms with van der Waals surface area (Å²) in [5, 5.41) is 0. The summed E-state index contributed by atoms with van der Waals surface area (Å²) in [5.41, 5.74) is 4.17. The zero-order valence-corrected chi connectivity index (χ0v) is 26.0. The fourth-order valence-electron chi connectivity index (χ4n) is 9.31. The van der Waals surface area contributed by atoms with E-state index in [2.05, 4.69) is 53.7 Å². The van der Waals surface area contributed by atoms with Crippen LogP contribution in [0.3, 0.4) is 0 Å². The minimum Gasteiger partial charge on any atom is -0.462 e. The summed E-state index contributed by atoms with van der Waals surface area (Å²) in [6.45, 7) is 14.7. The first-order valence-corrected chi connectivity index (χ1v) is 16.8. The first kappa shape index (κ1) is 29.9. The van der Waals surface area contributed by atoms with E-state index in [9.17, 15) is 4.79 Å². The number of carbonyl (C=O) groups excluding carboxylic acids is 1. The maximum Gasteiger partial charge on any atom is 0.306 e. The molecule has 4 rings (SSSR count). The molecule has 0 saturated heterocycles. The minimum absolute atomic E-state index is 0.0430. The van der Waals surface area contributed by atoms with E-state index in [0.717, 1.165) is 48.9 Å². The van der Waals surface area contributed by atoms with Crippen molar-refractivity contribution >= 4 is 5.97 Å². The molecule has 0 N–H and O–H groups in total. The maximum absolute atomic E-state index is 12.6. The molecule has 2 fully saturated rings. The number of hydrogen-bond donors (Lipinski definition) is 0. The van der Waals surface area contributed by atoms with Gasteiger partial charge in [-0.3, -0.25) is 4.79 Å². The van der Waals surface area contributed by atoms with Crippen molar-refractivity contribution in [3.63, 3.8) is 0 Å². The van der Waals surface area contributed by atoms with E-state index in [1.165, 1.54) is 83.5 Å². The second kappa shape index (κ2) is 13.1. The molecule has 4 aliphatic carbocycles. The van der Waals surface area contributed by atoms with Gasteiger partial charge in [-0.1, -0.05) is 116 Å². The van der Waals surface area contributed by atoms with Crippen LogP contribution in [0, 0.1) is 40.4 Å². The van der Waals surface area contributed by atoms with Gasteiger partial charge in [0, 0.05) is 12.8 Å². The molecule has 0 aromatic rings. The predicted molar refractivity (Wildman–Crippen MR) is 161 cm³/mol. The van der Waals surface area contributed by atoms with Crippen molar-refractivity contribution in [1.29, 1.82) is 0 Å². The van der Waals surface area contributed by atoms with Crippen molar-refractivity contribution < 1.29 is 9.53 Å². The Morgan fingerprint density at radius 1 is 0.921 bits per heavy atom. The van der Waals surface area contributed by atoms with Crippen molar-refractivity contribution in [3.05, 3.63) is 23.3 Å². The summed E-state index contributed by atoms with van der Waals surface area (Å²) in [5.74, 6) is 4.05. The predicted octanol–water partition coefficient (Wildman–Crippen LogP) is 10.6. The Bertz CT molecular complexity index is 851. The Labute approximate surface area is 235 Å². The Hall–Kier alpha value is -1.05. The Morgan fingerprint density at radius 3 is 2.42 bits per heavy atom. The second-order valence-electron chi connectivity index (χ2n) is 14.7. The van der Waals surface area contributed by atoms with Gasteiger partial charge in [0.1, 0.15) is 6.10 Å². The molecular formula is C36H60O2. The van der Waals surface area contributed by atoms with E-state index < -0.39 is 0 Å². The zero-order valence-electron chi connectivity index (χ0n) is 26.0. The van der Waals surface area contributed by atoms with Crippen LogP contribution >= 0.6 is 0 Å². The van der Waals surface area contributed by atoms with E-state index >= 15 is 0 Å². The van der Waals surface area contributed by atoms with Gasteiger partial charge < -0.3 is 4.74 Å². The third-order valence-corrected chi connectivity index (χ3v) is 11.7. The lowest BCUT2D eigenvalue weighted by atomic mass is 9.48. The smallest absolute Gasteiger partial charge is 0.306 e. The standard InChI is InChI=1S/C36H60O2/c1-7-8-9-10-11-12-16-34(37)38-29-21-23-35(5)28(25-29)17-18-30-32-20-19-31(27(4)15-13-14-26(2)3)36(32,6)24-22-33(30)35/h17,20,26-27,29-31,33H,7-16,18-19,21-25H2,1-6H3/t27-,29+,30+,31-,33+,35+,36-/m1/s1. The molecule has 2 nitrogen and oxygen atoms in total. The van der Waals surface area contributed by atoms with Crippen LogP contribution in [0.15, 0.2) is 23.3 Å². The maximum atomic E-state index is 12.6. The van der Waals surface area contributed by atoms with E-state index in [4.69, 9.17) is 4.74 Å². The van der Waals surface area contributed by atoms with E-state index in [1.54, 1.807) is 5.57 Å². The van der Waals surface area contributed by atoms with Crippen molar-refractivity contribution in [2.75, 3.05) is 0 Å². The van der Waals surface area contributed by atoms with Crippen LogP contribution in [-0.4, -0.2) is 12.1 Å². The van der Waals surface area contributed by atoms with E-state index in [0.29, 0.717) is 17.3 Å². The molecule has 4 aliphatic rings. The molecule has 0 amide bonds. The molecule has 0 spiro atoms. The first-order valence-electron chi connectivity index (χ1n) is 16.8. The van der Waals surface area contributed by atoms with Gasteiger partial charge >= 0.3 is 5.97 Å². The highest BCUT2D eigenvalue weighted by atomic mass is 16.5. The van der Waals surface area contributed by atoms with Crippen molar-refractivity contribution in [3.8, 4) is 0 Å². The van der Waals surface area contributed by atoms with Crippen LogP contribution in [0.4, 0.5) is 0 Å². The molecule has 38 heavy (non-hydrogen) atoms. The van der Waals surface area contributed by atoms with Gasteiger partial charge in [0.15, 0.2) is 0 Å². The fraction of sp³-hybridized carbons (Fsp3) is 0.861. The van der Waals surface area contributed by atoms with Gasteiger partial charge in [-0.2, -0.15) is 0 Å². The molecule has 0 heterocycles. The highest BCUT2D eigenvalue weighted by molar-refractivity contribution is 5.69. The lowest BCUT2D eigenvalue weighted by Crippen LogP contribution is -2.48. The fourth-order valence-corrected chi connectivity index (χ4v) is 9.31. The molecule has 0 unspecified atom stereocenters. The highest BCUT2D eigenvalue weighted by Gasteiger charge is 2.56. The summed E-state index contributed by atoms with van der Waals surface area (Å²) in [4.78, 5) is 12.6. The quantitative estimate of drug-likeness (QED) is 0.136. The third-order valence-electron chi connectivity index (χ3n) is 11.7. The van der Waals surface area contributed by atoms with Gasteiger partial charge in [-0.05, 0) is 85.4 Å². The molecule has 216 valence electrons. The van der Waals surface area contributed by atoms with Gasteiger partial charge in [0.2, 0.25) is 0 Å². The van der Waals surface area contributed by atoms with Crippen molar-refractivity contribution in [1.82, 2.24) is 0 Å². The molecular weight excluding hydrogens is 464 g/mol. The second-order valence-corrected chi connectivity index (χ2v) is 14.7. The average molecular weight is 525 g/mol. The third kappa shape index (κ3) is 6.46. The summed E-state index contributed by atoms with van der Waals surface area (Å²) in [6, 6.07) is 0. The Morgan fingerprint density at radius 2 is 1.66 bits per heavy atom. The monoisotopic (exact) mass is 524 g/mol. The molecule has 0 radical (unpaired) electrons. The Kier molecular flexibility index (Phi) is 10.3. The molecule has 0 bridgehead atoms. The van der Waals surface area contributed by atoms with Crippen molar-refractivity contribution in [2.45, 2.75) is 157 Å². The van der Waals surface area contributed by atoms with Crippen LogP contribution in [-0.2, 0) is 9.53 Å². The normalized spacial score (nSPS) is 35.1. The number of fused-ring (bicyclic) bond motifs is 5. The van der Waals surface area contributed by atoms with Gasteiger partial charge in [0.05, 0.1) is 0 Å². The van der Waals surface area contributed by atoms with Gasteiger partial charge in [-0.25, -0.2) is 0 Å². The number of carbonyl (C=O) groups is 1. The molecule has 7 atom stereocenters. The van der Waals surface area contributed by atoms with Crippen LogP contribution in [0.2, 0.25) is 0 Å². The van der Waals surface area contributed by atoms with E-state index in [1.807, 2.05) is 5.57 Å². The number of unbranched alkanes of at least 4 members (excludes halogenated alkanes) is 5. The van der Waals surface area contributed by atoms with Crippen molar-refractivity contribution in [2.24, 2.45) is 40.4 Å². The number of esters is 1. The number of ether oxygens (including phenoxy) is 1. The number of allylic oxidation sites excluding steroid dienone is 3. The minimum atomic E-state index is 0.0430. The molecule has 0 aliphatic heterocycles. The topological polar surface area (TPSA) is 26.3 Å². The first-order chi connectivity index (χ1) is 18.2. The summed E-state index contributed by atoms with van der Waals surface area (Å²) in [7, 11) is 0. The summed E-state index contributed by atoms with van der Waals surface area (Å²) >= 11 is 0. The van der Waals surface area contributed by atoms with Crippen LogP contribution < -0.4 is 0 Å². The van der Waals surface area contributed by atoms with Crippen LogP contribution in [0.1, 0.15) is 151 Å². The molecule has 2 heteroatoms. The Balaban J connectivity index is 1.32. The van der Waals surface area contributed by atoms with Crippen LogP contribution in [0.25, 0.3) is 0 Å². The molecule has 0 aromatic carbocycles. The molecule has 0 aromatic heterocycles.